The van der Waals surface area contributed by atoms with E-state index in [1.54, 1.807) is 12.3 Å². The van der Waals surface area contributed by atoms with E-state index < -0.39 is 5.82 Å². The van der Waals surface area contributed by atoms with Gasteiger partial charge in [-0.25, -0.2) is 24.3 Å². The number of rotatable bonds is 5. The third-order valence-corrected chi connectivity index (χ3v) is 7.04. The molecule has 10 heteroatoms. The van der Waals surface area contributed by atoms with Gasteiger partial charge in [0.25, 0.3) is 0 Å². The highest BCUT2D eigenvalue weighted by Gasteiger charge is 2.28. The number of aromatic nitrogens is 4. The number of hydrogen-bond donors (Lipinski definition) is 2. The van der Waals surface area contributed by atoms with Crippen LogP contribution >= 0.6 is 11.6 Å². The Hall–Kier alpha value is -2.62. The van der Waals surface area contributed by atoms with E-state index in [9.17, 15) is 4.39 Å². The van der Waals surface area contributed by atoms with Crippen LogP contribution in [-0.2, 0) is 0 Å². The molecule has 2 aromatic heterocycles. The summed E-state index contributed by atoms with van der Waals surface area (Å²) >= 11 is 5.92. The topological polar surface area (TPSA) is 82.1 Å². The molecule has 33 heavy (non-hydrogen) atoms. The lowest BCUT2D eigenvalue weighted by Crippen LogP contribution is -2.50. The second kappa shape index (κ2) is 9.70. The summed E-state index contributed by atoms with van der Waals surface area (Å²) in [5.74, 6) is 0.757. The molecule has 174 valence electrons. The van der Waals surface area contributed by atoms with Crippen molar-refractivity contribution in [3.8, 4) is 0 Å². The number of benzene rings is 1. The summed E-state index contributed by atoms with van der Waals surface area (Å²) < 4.78 is 13.5. The van der Waals surface area contributed by atoms with Crippen LogP contribution in [0.25, 0.3) is 11.0 Å². The van der Waals surface area contributed by atoms with E-state index in [1.807, 2.05) is 0 Å². The van der Waals surface area contributed by atoms with Gasteiger partial charge in [-0.05, 0) is 64.0 Å². The van der Waals surface area contributed by atoms with E-state index in [0.29, 0.717) is 40.6 Å². The molecule has 0 amide bonds. The lowest BCUT2D eigenvalue weighted by atomic mass is 9.98. The number of piperidine rings is 2. The van der Waals surface area contributed by atoms with Crippen molar-refractivity contribution in [1.82, 2.24) is 30.2 Å². The molecule has 0 spiro atoms. The molecule has 0 radical (unpaired) electrons. The number of nitrogens with one attached hydrogen (secondary N) is 2. The van der Waals surface area contributed by atoms with Gasteiger partial charge >= 0.3 is 0 Å². The standard InChI is InChI=1S/C23H28ClFN8/c1-26-15-4-8-32(9-5-15)17-6-10-33(11-7-17)23-27-13-20-21(31-23)22(29-14-28-20)30-16-2-3-19(25)18(24)12-16/h2-3,12-15,17,26H,4-11H2,1H3,(H,28,29,30). The Morgan fingerprint density at radius 1 is 1.03 bits per heavy atom. The third kappa shape index (κ3) is 4.85. The van der Waals surface area contributed by atoms with Gasteiger partial charge in [0.05, 0.1) is 11.2 Å². The highest BCUT2D eigenvalue weighted by atomic mass is 35.5. The first-order valence-corrected chi connectivity index (χ1v) is 11.8. The lowest BCUT2D eigenvalue weighted by molar-refractivity contribution is 0.126. The van der Waals surface area contributed by atoms with Crippen molar-refractivity contribution in [2.45, 2.75) is 37.8 Å². The van der Waals surface area contributed by atoms with Gasteiger partial charge in [-0.2, -0.15) is 0 Å². The first-order valence-electron chi connectivity index (χ1n) is 11.5. The highest BCUT2D eigenvalue weighted by Crippen LogP contribution is 2.27. The predicted octanol–water partition coefficient (Wildman–Crippen LogP) is 3.61. The van der Waals surface area contributed by atoms with E-state index in [4.69, 9.17) is 16.6 Å². The predicted molar refractivity (Wildman–Crippen MR) is 129 cm³/mol. The fourth-order valence-corrected chi connectivity index (χ4v) is 4.96. The van der Waals surface area contributed by atoms with Crippen molar-refractivity contribution in [3.63, 3.8) is 0 Å². The molecular weight excluding hydrogens is 443 g/mol. The molecule has 2 fully saturated rings. The van der Waals surface area contributed by atoms with Crippen LogP contribution in [-0.4, -0.2) is 70.1 Å². The molecule has 0 unspecified atom stereocenters. The highest BCUT2D eigenvalue weighted by molar-refractivity contribution is 6.31. The van der Waals surface area contributed by atoms with Crippen LogP contribution in [0.5, 0.6) is 0 Å². The number of halogens is 2. The maximum atomic E-state index is 13.5. The first-order chi connectivity index (χ1) is 16.1. The molecule has 8 nitrogen and oxygen atoms in total. The molecule has 2 aliphatic rings. The monoisotopic (exact) mass is 470 g/mol. The van der Waals surface area contributed by atoms with Gasteiger partial charge in [0, 0.05) is 30.9 Å². The molecule has 2 saturated heterocycles. The molecule has 2 aliphatic heterocycles. The minimum Gasteiger partial charge on any atom is -0.341 e. The second-order valence-electron chi connectivity index (χ2n) is 8.70. The summed E-state index contributed by atoms with van der Waals surface area (Å²) in [7, 11) is 2.06. The summed E-state index contributed by atoms with van der Waals surface area (Å²) in [6, 6.07) is 5.74. The Balaban J connectivity index is 1.29. The maximum absolute atomic E-state index is 13.5. The summed E-state index contributed by atoms with van der Waals surface area (Å²) in [5.41, 5.74) is 1.90. The van der Waals surface area contributed by atoms with E-state index >= 15 is 0 Å². The Morgan fingerprint density at radius 3 is 2.55 bits per heavy atom. The number of anilines is 3. The minimum absolute atomic E-state index is 0.0479. The molecule has 3 aromatic rings. The molecule has 2 N–H and O–H groups in total. The smallest absolute Gasteiger partial charge is 0.226 e. The number of hydrogen-bond acceptors (Lipinski definition) is 8. The van der Waals surface area contributed by atoms with Crippen molar-refractivity contribution in [3.05, 3.63) is 41.6 Å². The van der Waals surface area contributed by atoms with Crippen LogP contribution in [0, 0.1) is 5.82 Å². The van der Waals surface area contributed by atoms with Crippen LogP contribution in [0.15, 0.2) is 30.7 Å². The van der Waals surface area contributed by atoms with Gasteiger partial charge in [0.1, 0.15) is 23.2 Å². The van der Waals surface area contributed by atoms with Crippen molar-refractivity contribution in [2.24, 2.45) is 0 Å². The van der Waals surface area contributed by atoms with Crippen LogP contribution in [0.4, 0.5) is 21.8 Å². The molecule has 4 heterocycles. The number of fused-ring (bicyclic) bond motifs is 1. The van der Waals surface area contributed by atoms with E-state index in [0.717, 1.165) is 25.9 Å². The fourth-order valence-electron chi connectivity index (χ4n) is 4.78. The summed E-state index contributed by atoms with van der Waals surface area (Å²) in [5, 5.41) is 6.63. The average Bonchev–Trinajstić information content (AvgIpc) is 2.86. The van der Waals surface area contributed by atoms with E-state index in [1.165, 1.54) is 44.4 Å². The first kappa shape index (κ1) is 22.2. The van der Waals surface area contributed by atoms with E-state index in [2.05, 4.69) is 42.4 Å². The van der Waals surface area contributed by atoms with Gasteiger partial charge < -0.3 is 20.4 Å². The SMILES string of the molecule is CNC1CCN(C2CCN(c3ncc4ncnc(Nc5ccc(F)c(Cl)c5)c4n3)CC2)CC1. The second-order valence-corrected chi connectivity index (χ2v) is 9.10. The zero-order valence-electron chi connectivity index (χ0n) is 18.6. The number of likely N-dealkylation sites (tertiary alicyclic amines) is 1. The molecule has 0 saturated carbocycles. The minimum atomic E-state index is -0.464. The largest absolute Gasteiger partial charge is 0.341 e. The Kier molecular flexibility index (Phi) is 6.52. The van der Waals surface area contributed by atoms with Gasteiger partial charge in [-0.1, -0.05) is 11.6 Å². The molecule has 1 aromatic carbocycles. The number of nitrogens with zero attached hydrogens (tertiary/aromatic N) is 6. The summed E-state index contributed by atoms with van der Waals surface area (Å²) in [6.07, 6.45) is 7.85. The van der Waals surface area contributed by atoms with Crippen LogP contribution in [0.3, 0.4) is 0 Å². The Bertz CT molecular complexity index is 1110. The van der Waals surface area contributed by atoms with Crippen molar-refractivity contribution in [2.75, 3.05) is 43.4 Å². The molecular formula is C23H28ClFN8. The molecule has 0 bridgehead atoms. The van der Waals surface area contributed by atoms with Crippen LogP contribution in [0.1, 0.15) is 25.7 Å². The zero-order chi connectivity index (χ0) is 22.8. The van der Waals surface area contributed by atoms with Gasteiger partial charge in [0.2, 0.25) is 5.95 Å². The third-order valence-electron chi connectivity index (χ3n) is 6.75. The normalized spacial score (nSPS) is 18.7. The summed E-state index contributed by atoms with van der Waals surface area (Å²) in [4.78, 5) is 22.9. The van der Waals surface area contributed by atoms with Crippen LogP contribution < -0.4 is 15.5 Å². The van der Waals surface area contributed by atoms with Gasteiger partial charge in [-0.3, -0.25) is 0 Å². The molecule has 0 aliphatic carbocycles. The quantitative estimate of drug-likeness (QED) is 0.585. The van der Waals surface area contributed by atoms with Gasteiger partial charge in [-0.15, -0.1) is 0 Å². The molecule has 0 atom stereocenters. The van der Waals surface area contributed by atoms with Gasteiger partial charge in [0.15, 0.2) is 5.82 Å². The summed E-state index contributed by atoms with van der Waals surface area (Å²) in [6.45, 7) is 4.18. The fraction of sp³-hybridized carbons (Fsp3) is 0.478. The Morgan fingerprint density at radius 2 is 1.82 bits per heavy atom. The van der Waals surface area contributed by atoms with Crippen molar-refractivity contribution < 1.29 is 4.39 Å². The zero-order valence-corrected chi connectivity index (χ0v) is 19.4. The Labute approximate surface area is 197 Å². The maximum Gasteiger partial charge on any atom is 0.226 e. The van der Waals surface area contributed by atoms with Crippen LogP contribution in [0.2, 0.25) is 5.02 Å². The van der Waals surface area contributed by atoms with Crippen molar-refractivity contribution >= 4 is 40.1 Å². The van der Waals surface area contributed by atoms with E-state index in [-0.39, 0.29) is 5.02 Å². The lowest BCUT2D eigenvalue weighted by Gasteiger charge is -2.41. The average molecular weight is 471 g/mol. The molecule has 5 rings (SSSR count). The van der Waals surface area contributed by atoms with Crippen molar-refractivity contribution in [1.29, 1.82) is 0 Å².